The molecule has 0 spiro atoms. The minimum absolute atomic E-state index is 0.111. The van der Waals surface area contributed by atoms with E-state index in [1.54, 1.807) is 11.9 Å². The third kappa shape index (κ3) is 3.96. The Labute approximate surface area is 208 Å². The molecule has 8 atom stereocenters. The summed E-state index contributed by atoms with van der Waals surface area (Å²) in [7, 11) is 1.70. The van der Waals surface area contributed by atoms with Crippen LogP contribution in [0.1, 0.15) is 70.3 Å². The first kappa shape index (κ1) is 23.6. The molecule has 4 saturated carbocycles. The summed E-state index contributed by atoms with van der Waals surface area (Å²) in [5, 5.41) is 20.2. The molecular weight excluding hydrogens is 438 g/mol. The highest BCUT2D eigenvalue weighted by molar-refractivity contribution is 5.82. The number of Topliss-reactive ketones (excluding diaryl/α,β-unsaturated/α-hetero) is 1. The number of nitrogens with zero attached hydrogens (tertiary/aromatic N) is 3. The number of hydrogen-bond donors (Lipinski definition) is 1. The number of benzene rings is 1. The van der Waals surface area contributed by atoms with Gasteiger partial charge in [-0.3, -0.25) is 4.79 Å². The number of aryl methyl sites for hydroxylation is 1. The third-order valence-corrected chi connectivity index (χ3v) is 10.8. The lowest BCUT2D eigenvalue weighted by molar-refractivity contribution is -0.137. The van der Waals surface area contributed by atoms with Crippen LogP contribution in [0.5, 0.6) is 0 Å². The van der Waals surface area contributed by atoms with E-state index in [1.165, 1.54) is 25.7 Å². The van der Waals surface area contributed by atoms with Crippen molar-refractivity contribution in [1.82, 2.24) is 15.0 Å². The van der Waals surface area contributed by atoms with Gasteiger partial charge in [0.2, 0.25) is 0 Å². The van der Waals surface area contributed by atoms with Gasteiger partial charge >= 0.3 is 0 Å². The number of fused-ring (bicyclic) bond motifs is 6. The summed E-state index contributed by atoms with van der Waals surface area (Å²) >= 11 is 0. The summed E-state index contributed by atoms with van der Waals surface area (Å²) in [6, 6.07) is 6.07. The lowest BCUT2D eigenvalue weighted by atomic mass is 9.49. The zero-order chi connectivity index (χ0) is 24.4. The molecule has 0 unspecified atom stereocenters. The monoisotopic (exact) mass is 479 g/mol. The summed E-state index contributed by atoms with van der Waals surface area (Å²) in [5.74, 6) is 4.00. The summed E-state index contributed by atoms with van der Waals surface area (Å²) in [5.41, 5.74) is 2.38. The van der Waals surface area contributed by atoms with Crippen LogP contribution in [0, 0.1) is 47.8 Å². The maximum atomic E-state index is 13.6. The molecule has 4 fully saturated rings. The molecular formula is C29H41N3O3. The highest BCUT2D eigenvalue weighted by Gasteiger charge is 2.59. The molecule has 1 aromatic carbocycles. The quantitative estimate of drug-likeness (QED) is 0.656. The van der Waals surface area contributed by atoms with Gasteiger partial charge in [0.25, 0.3) is 0 Å². The normalized spacial score (nSPS) is 40.8. The first-order chi connectivity index (χ1) is 16.8. The van der Waals surface area contributed by atoms with Gasteiger partial charge in [-0.2, -0.15) is 15.0 Å². The van der Waals surface area contributed by atoms with E-state index >= 15 is 0 Å². The fraction of sp³-hybridized carbons (Fsp3) is 0.759. The molecule has 0 amide bonds. The molecule has 6 nitrogen and oxygen atoms in total. The lowest BCUT2D eigenvalue weighted by Gasteiger charge is -2.57. The van der Waals surface area contributed by atoms with E-state index in [4.69, 9.17) is 4.74 Å². The lowest BCUT2D eigenvalue weighted by Crippen LogP contribution is -2.52. The van der Waals surface area contributed by atoms with E-state index in [1.807, 2.05) is 18.2 Å². The van der Waals surface area contributed by atoms with Gasteiger partial charge in [0.1, 0.15) is 17.6 Å². The number of aliphatic hydroxyl groups is 1. The molecule has 0 radical (unpaired) electrons. The van der Waals surface area contributed by atoms with Gasteiger partial charge in [-0.25, -0.2) is 0 Å². The van der Waals surface area contributed by atoms with Crippen molar-refractivity contribution >= 4 is 16.8 Å². The highest BCUT2D eigenvalue weighted by atomic mass is 16.5. The van der Waals surface area contributed by atoms with Crippen LogP contribution in [0.4, 0.5) is 0 Å². The van der Waals surface area contributed by atoms with Gasteiger partial charge in [0.05, 0.1) is 12.2 Å². The number of methoxy groups -OCH3 is 1. The SMILES string of the molecule is COC[C@@]1(O)CC[C@H]2[C@H](CC[C@@H]3[C@@H]2CC[C@]2(C)[C@@H](C(=O)Cn4nc5ccc(C)cc5n4)CC[C@@H]32)C1. The number of rotatable bonds is 5. The predicted octanol–water partition coefficient (Wildman–Crippen LogP) is 4.96. The predicted molar refractivity (Wildman–Crippen MR) is 135 cm³/mol. The van der Waals surface area contributed by atoms with Crippen LogP contribution in [0.15, 0.2) is 18.2 Å². The number of ether oxygens (including phenoxy) is 1. The van der Waals surface area contributed by atoms with Gasteiger partial charge in [0, 0.05) is 13.0 Å². The molecule has 190 valence electrons. The van der Waals surface area contributed by atoms with Crippen LogP contribution in [-0.2, 0) is 16.1 Å². The molecule has 35 heavy (non-hydrogen) atoms. The minimum Gasteiger partial charge on any atom is -0.387 e. The van der Waals surface area contributed by atoms with E-state index in [0.29, 0.717) is 24.2 Å². The Balaban J connectivity index is 1.16. The Morgan fingerprint density at radius 3 is 2.69 bits per heavy atom. The summed E-state index contributed by atoms with van der Waals surface area (Å²) in [6.07, 6.45) is 10.0. The van der Waals surface area contributed by atoms with Crippen molar-refractivity contribution in [3.8, 4) is 0 Å². The first-order valence-electron chi connectivity index (χ1n) is 13.9. The highest BCUT2D eigenvalue weighted by Crippen LogP contribution is 2.64. The maximum Gasteiger partial charge on any atom is 0.159 e. The van der Waals surface area contributed by atoms with Crippen LogP contribution >= 0.6 is 0 Å². The molecule has 0 aliphatic heterocycles. The zero-order valence-corrected chi connectivity index (χ0v) is 21.6. The number of hydrogen-bond acceptors (Lipinski definition) is 5. The number of ketones is 1. The maximum absolute atomic E-state index is 13.6. The molecule has 1 N–H and O–H groups in total. The van der Waals surface area contributed by atoms with Gasteiger partial charge in [0.15, 0.2) is 5.78 Å². The van der Waals surface area contributed by atoms with E-state index in [2.05, 4.69) is 24.0 Å². The van der Waals surface area contributed by atoms with Crippen molar-refractivity contribution in [3.05, 3.63) is 23.8 Å². The van der Waals surface area contributed by atoms with Gasteiger partial charge in [-0.15, -0.1) is 0 Å². The fourth-order valence-corrected chi connectivity index (χ4v) is 9.28. The van der Waals surface area contributed by atoms with E-state index in [9.17, 15) is 9.90 Å². The van der Waals surface area contributed by atoms with Crippen LogP contribution in [0.3, 0.4) is 0 Å². The molecule has 6 heteroatoms. The largest absolute Gasteiger partial charge is 0.387 e. The Bertz CT molecular complexity index is 1110. The van der Waals surface area contributed by atoms with Crippen molar-refractivity contribution in [2.45, 2.75) is 83.8 Å². The number of aromatic nitrogens is 3. The molecule has 2 aromatic rings. The number of carbonyl (C=O) groups is 1. The van der Waals surface area contributed by atoms with Crippen molar-refractivity contribution in [2.24, 2.45) is 40.9 Å². The topological polar surface area (TPSA) is 77.2 Å². The zero-order valence-electron chi connectivity index (χ0n) is 21.6. The Morgan fingerprint density at radius 1 is 1.06 bits per heavy atom. The number of carbonyl (C=O) groups excluding carboxylic acids is 1. The van der Waals surface area contributed by atoms with Crippen molar-refractivity contribution < 1.29 is 14.6 Å². The van der Waals surface area contributed by atoms with E-state index < -0.39 is 5.60 Å². The Kier molecular flexibility index (Phi) is 5.84. The standard InChI is InChI=1S/C29H41N3O3/c1-18-4-9-25-26(14-18)31-32(30-25)16-27(33)24-8-7-23-22-6-5-19-15-29(34,17-35-3)13-11-20(19)21(22)10-12-28(23,24)2/h4,9,14,19-24,34H,5-8,10-13,15-17H2,1-3H3/t19-,20+,21-,22-,23+,24-,28+,29-/m1/s1. The molecule has 6 rings (SSSR count). The Hall–Kier alpha value is -1.79. The molecule has 1 aromatic heterocycles. The molecule has 0 saturated heterocycles. The fourth-order valence-electron chi connectivity index (χ4n) is 9.28. The smallest absolute Gasteiger partial charge is 0.159 e. The second kappa shape index (κ2) is 8.65. The minimum atomic E-state index is -0.624. The van der Waals surface area contributed by atoms with Crippen LogP contribution in [0.2, 0.25) is 0 Å². The first-order valence-corrected chi connectivity index (χ1v) is 13.9. The Morgan fingerprint density at radius 2 is 1.86 bits per heavy atom. The second-order valence-electron chi connectivity index (χ2n) is 12.7. The molecule has 4 aliphatic rings. The van der Waals surface area contributed by atoms with Gasteiger partial charge < -0.3 is 9.84 Å². The van der Waals surface area contributed by atoms with Crippen molar-refractivity contribution in [2.75, 3.05) is 13.7 Å². The van der Waals surface area contributed by atoms with Crippen molar-refractivity contribution in [1.29, 1.82) is 0 Å². The van der Waals surface area contributed by atoms with Crippen LogP contribution in [-0.4, -0.2) is 45.2 Å². The average molecular weight is 480 g/mol. The molecule has 0 bridgehead atoms. The second-order valence-corrected chi connectivity index (χ2v) is 12.7. The average Bonchev–Trinajstić information content (AvgIpc) is 3.38. The van der Waals surface area contributed by atoms with Crippen LogP contribution in [0.25, 0.3) is 11.0 Å². The summed E-state index contributed by atoms with van der Waals surface area (Å²) in [6.45, 7) is 5.23. The van der Waals surface area contributed by atoms with E-state index in [-0.39, 0.29) is 17.9 Å². The van der Waals surface area contributed by atoms with Gasteiger partial charge in [-0.1, -0.05) is 13.0 Å². The van der Waals surface area contributed by atoms with Gasteiger partial charge in [-0.05, 0) is 117 Å². The summed E-state index contributed by atoms with van der Waals surface area (Å²) < 4.78 is 5.35. The third-order valence-electron chi connectivity index (χ3n) is 10.8. The van der Waals surface area contributed by atoms with Crippen molar-refractivity contribution in [3.63, 3.8) is 0 Å². The van der Waals surface area contributed by atoms with Crippen LogP contribution < -0.4 is 0 Å². The summed E-state index contributed by atoms with van der Waals surface area (Å²) in [4.78, 5) is 15.2. The molecule has 1 heterocycles. The molecule has 4 aliphatic carbocycles. The van der Waals surface area contributed by atoms with E-state index in [0.717, 1.165) is 66.5 Å².